The Balaban J connectivity index is 4.46. The highest BCUT2D eigenvalue weighted by Gasteiger charge is 2.25. The summed E-state index contributed by atoms with van der Waals surface area (Å²) in [5.74, 6) is -0.196. The van der Waals surface area contributed by atoms with Gasteiger partial charge in [0, 0.05) is 13.6 Å². The minimum absolute atomic E-state index is 0.0793. The first-order valence-electron chi connectivity index (χ1n) is 5.72. The lowest BCUT2D eigenvalue weighted by Crippen LogP contribution is -2.49. The number of rotatable bonds is 6. The zero-order chi connectivity index (χ0) is 12.7. The third kappa shape index (κ3) is 4.18. The predicted octanol–water partition coefficient (Wildman–Crippen LogP) is -0.0457. The van der Waals surface area contributed by atoms with Crippen LogP contribution in [0.1, 0.15) is 27.2 Å². The van der Waals surface area contributed by atoms with Gasteiger partial charge in [-0.1, -0.05) is 20.3 Å². The smallest absolute Gasteiger partial charge is 0.240 e. The van der Waals surface area contributed by atoms with Crippen LogP contribution in [0, 0.1) is 5.92 Å². The monoisotopic (exact) mass is 229 g/mol. The van der Waals surface area contributed by atoms with Gasteiger partial charge in [-0.25, -0.2) is 0 Å². The van der Waals surface area contributed by atoms with Crippen molar-refractivity contribution in [2.24, 2.45) is 11.7 Å². The summed E-state index contributed by atoms with van der Waals surface area (Å²) in [6.07, 6.45) is 0.852. The van der Waals surface area contributed by atoms with Gasteiger partial charge in [0.25, 0.3) is 0 Å². The molecular formula is C11H23N3O2. The van der Waals surface area contributed by atoms with E-state index in [1.165, 1.54) is 4.90 Å². The number of nitrogens with two attached hydrogens (primary N) is 1. The van der Waals surface area contributed by atoms with Gasteiger partial charge in [-0.3, -0.25) is 9.59 Å². The number of carbonyl (C=O) groups is 2. The molecule has 5 heteroatoms. The summed E-state index contributed by atoms with van der Waals surface area (Å²) in [6.45, 7) is 6.35. The van der Waals surface area contributed by atoms with Crippen molar-refractivity contribution in [1.82, 2.24) is 10.2 Å². The molecule has 0 aromatic carbocycles. The van der Waals surface area contributed by atoms with E-state index in [0.717, 1.165) is 6.42 Å². The standard InChI is InChI=1S/C11H23N3O2/c1-5-8(3)10(12)11(16)14(6-2)7-9(15)13-4/h8,10H,5-7,12H2,1-4H3,(H,13,15). The molecule has 2 atom stereocenters. The highest BCUT2D eigenvalue weighted by Crippen LogP contribution is 2.08. The quantitative estimate of drug-likeness (QED) is 0.671. The third-order valence-electron chi connectivity index (χ3n) is 2.85. The molecule has 0 heterocycles. The number of carbonyl (C=O) groups excluding carboxylic acids is 2. The van der Waals surface area contributed by atoms with Crippen molar-refractivity contribution < 1.29 is 9.59 Å². The Kier molecular flexibility index (Phi) is 6.72. The van der Waals surface area contributed by atoms with E-state index in [1.807, 2.05) is 20.8 Å². The van der Waals surface area contributed by atoms with Gasteiger partial charge < -0.3 is 16.0 Å². The van der Waals surface area contributed by atoms with E-state index in [0.29, 0.717) is 6.54 Å². The van der Waals surface area contributed by atoms with Crippen molar-refractivity contribution in [3.63, 3.8) is 0 Å². The van der Waals surface area contributed by atoms with E-state index in [2.05, 4.69) is 5.32 Å². The molecule has 0 aliphatic carbocycles. The van der Waals surface area contributed by atoms with Crippen LogP contribution in [-0.2, 0) is 9.59 Å². The van der Waals surface area contributed by atoms with Crippen molar-refractivity contribution in [1.29, 1.82) is 0 Å². The second-order valence-electron chi connectivity index (χ2n) is 3.94. The molecule has 3 N–H and O–H groups in total. The van der Waals surface area contributed by atoms with Crippen LogP contribution in [0.3, 0.4) is 0 Å². The lowest BCUT2D eigenvalue weighted by atomic mass is 9.99. The lowest BCUT2D eigenvalue weighted by molar-refractivity contribution is -0.137. The number of hydrogen-bond acceptors (Lipinski definition) is 3. The zero-order valence-electron chi connectivity index (χ0n) is 10.6. The second-order valence-corrected chi connectivity index (χ2v) is 3.94. The van der Waals surface area contributed by atoms with Crippen LogP contribution in [0.15, 0.2) is 0 Å². The Morgan fingerprint density at radius 1 is 1.38 bits per heavy atom. The predicted molar refractivity (Wildman–Crippen MR) is 63.8 cm³/mol. The van der Waals surface area contributed by atoms with Crippen LogP contribution in [0.2, 0.25) is 0 Å². The summed E-state index contributed by atoms with van der Waals surface area (Å²) in [7, 11) is 1.55. The molecule has 16 heavy (non-hydrogen) atoms. The Hall–Kier alpha value is -1.10. The number of likely N-dealkylation sites (N-methyl/N-ethyl adjacent to an activating group) is 2. The molecule has 0 radical (unpaired) electrons. The summed E-state index contributed by atoms with van der Waals surface area (Å²) >= 11 is 0. The van der Waals surface area contributed by atoms with Crippen molar-refractivity contribution >= 4 is 11.8 Å². The fourth-order valence-corrected chi connectivity index (χ4v) is 1.31. The molecule has 2 unspecified atom stereocenters. The van der Waals surface area contributed by atoms with E-state index >= 15 is 0 Å². The molecule has 94 valence electrons. The van der Waals surface area contributed by atoms with E-state index in [9.17, 15) is 9.59 Å². The molecule has 0 spiro atoms. The summed E-state index contributed by atoms with van der Waals surface area (Å²) in [4.78, 5) is 24.6. The Labute approximate surface area is 97.4 Å². The van der Waals surface area contributed by atoms with Crippen molar-refractivity contribution in [3.8, 4) is 0 Å². The molecule has 0 saturated heterocycles. The van der Waals surface area contributed by atoms with Crippen LogP contribution >= 0.6 is 0 Å². The van der Waals surface area contributed by atoms with Crippen molar-refractivity contribution in [2.75, 3.05) is 20.1 Å². The molecule has 0 saturated carbocycles. The first-order valence-corrected chi connectivity index (χ1v) is 5.72. The second kappa shape index (κ2) is 7.22. The molecule has 0 aromatic rings. The maximum atomic E-state index is 11.9. The van der Waals surface area contributed by atoms with E-state index in [-0.39, 0.29) is 24.3 Å². The molecular weight excluding hydrogens is 206 g/mol. The summed E-state index contributed by atoms with van der Waals surface area (Å²) in [6, 6.07) is -0.519. The van der Waals surface area contributed by atoms with Crippen molar-refractivity contribution in [3.05, 3.63) is 0 Å². The maximum Gasteiger partial charge on any atom is 0.240 e. The van der Waals surface area contributed by atoms with Gasteiger partial charge in [-0.15, -0.1) is 0 Å². The van der Waals surface area contributed by atoms with Gasteiger partial charge in [-0.05, 0) is 12.8 Å². The Morgan fingerprint density at radius 2 is 1.94 bits per heavy atom. The van der Waals surface area contributed by atoms with E-state index < -0.39 is 6.04 Å². The average Bonchev–Trinajstić information content (AvgIpc) is 2.32. The lowest BCUT2D eigenvalue weighted by Gasteiger charge is -2.26. The van der Waals surface area contributed by atoms with Gasteiger partial charge in [-0.2, -0.15) is 0 Å². The van der Waals surface area contributed by atoms with Gasteiger partial charge in [0.2, 0.25) is 11.8 Å². The number of hydrogen-bond donors (Lipinski definition) is 2. The maximum absolute atomic E-state index is 11.9. The van der Waals surface area contributed by atoms with Crippen LogP contribution in [-0.4, -0.2) is 42.9 Å². The van der Waals surface area contributed by atoms with Gasteiger partial charge in [0.15, 0.2) is 0 Å². The highest BCUT2D eigenvalue weighted by atomic mass is 16.2. The van der Waals surface area contributed by atoms with Crippen LogP contribution in [0.5, 0.6) is 0 Å². The Morgan fingerprint density at radius 3 is 2.31 bits per heavy atom. The minimum Gasteiger partial charge on any atom is -0.358 e. The normalized spacial score (nSPS) is 14.1. The Bertz CT molecular complexity index is 243. The van der Waals surface area contributed by atoms with E-state index in [4.69, 9.17) is 5.73 Å². The average molecular weight is 229 g/mol. The fourth-order valence-electron chi connectivity index (χ4n) is 1.31. The van der Waals surface area contributed by atoms with Gasteiger partial charge in [0.1, 0.15) is 0 Å². The number of nitrogens with zero attached hydrogens (tertiary/aromatic N) is 1. The fraction of sp³-hybridized carbons (Fsp3) is 0.818. The highest BCUT2D eigenvalue weighted by molar-refractivity contribution is 5.87. The summed E-state index contributed by atoms with van der Waals surface area (Å²) < 4.78 is 0. The molecule has 0 fully saturated rings. The number of amides is 2. The largest absolute Gasteiger partial charge is 0.358 e. The molecule has 2 amide bonds. The molecule has 0 aliphatic rings. The third-order valence-corrected chi connectivity index (χ3v) is 2.85. The molecule has 0 bridgehead atoms. The van der Waals surface area contributed by atoms with Crippen LogP contribution in [0.4, 0.5) is 0 Å². The van der Waals surface area contributed by atoms with Gasteiger partial charge in [0.05, 0.1) is 12.6 Å². The minimum atomic E-state index is -0.519. The van der Waals surface area contributed by atoms with Crippen LogP contribution in [0.25, 0.3) is 0 Å². The van der Waals surface area contributed by atoms with Crippen molar-refractivity contribution in [2.45, 2.75) is 33.2 Å². The number of nitrogens with one attached hydrogen (secondary N) is 1. The zero-order valence-corrected chi connectivity index (χ0v) is 10.6. The van der Waals surface area contributed by atoms with Gasteiger partial charge >= 0.3 is 0 Å². The molecule has 0 rings (SSSR count). The van der Waals surface area contributed by atoms with Crippen LogP contribution < -0.4 is 11.1 Å². The molecule has 0 aromatic heterocycles. The first-order chi connectivity index (χ1) is 7.47. The summed E-state index contributed by atoms with van der Waals surface area (Å²) in [5, 5.41) is 2.49. The summed E-state index contributed by atoms with van der Waals surface area (Å²) in [5.41, 5.74) is 5.84. The molecule has 0 aliphatic heterocycles. The topological polar surface area (TPSA) is 75.4 Å². The van der Waals surface area contributed by atoms with E-state index in [1.54, 1.807) is 7.05 Å². The molecule has 5 nitrogen and oxygen atoms in total. The SMILES string of the molecule is CCC(C)C(N)C(=O)N(CC)CC(=O)NC. The first kappa shape index (κ1) is 14.9.